The number of fused-ring (bicyclic) bond motifs is 4. The Kier molecular flexibility index (Phi) is 10.8. The summed E-state index contributed by atoms with van der Waals surface area (Å²) in [7, 11) is 9.71. The minimum atomic E-state index is -0.0521. The number of hydrogen-bond acceptors (Lipinski definition) is 2. The van der Waals surface area contributed by atoms with Gasteiger partial charge in [-0.1, -0.05) is 72.8 Å². The summed E-state index contributed by atoms with van der Waals surface area (Å²) in [5, 5.41) is 10.8. The third-order valence-electron chi connectivity index (χ3n) is 8.68. The van der Waals surface area contributed by atoms with Gasteiger partial charge < -0.3 is 29.3 Å². The molecule has 0 radical (unpaired) electrons. The van der Waals surface area contributed by atoms with E-state index < -0.39 is 0 Å². The average molecular weight is 639 g/mol. The molecule has 8 rings (SSSR count). The van der Waals surface area contributed by atoms with Crippen molar-refractivity contribution in [2.45, 2.75) is 20.4 Å². The summed E-state index contributed by atoms with van der Waals surface area (Å²) >= 11 is 0. The van der Waals surface area contributed by atoms with Crippen LogP contribution >= 0.6 is 0 Å². The van der Waals surface area contributed by atoms with Crippen molar-refractivity contribution >= 4 is 49.5 Å². The molecule has 7 nitrogen and oxygen atoms in total. The summed E-state index contributed by atoms with van der Waals surface area (Å²) in [6, 6.07) is 41.6. The fourth-order valence-corrected chi connectivity index (χ4v) is 5.98. The molecule has 0 saturated heterocycles. The number of H-pyrrole nitrogens is 1. The summed E-state index contributed by atoms with van der Waals surface area (Å²) < 4.78 is 6.33. The smallest absolute Gasteiger partial charge is 0.267 e. The van der Waals surface area contributed by atoms with Gasteiger partial charge >= 0.3 is 0 Å². The van der Waals surface area contributed by atoms with Crippen molar-refractivity contribution in [3.63, 3.8) is 0 Å². The van der Waals surface area contributed by atoms with E-state index in [9.17, 15) is 4.79 Å². The van der Waals surface area contributed by atoms with Gasteiger partial charge in [-0.3, -0.25) is 4.79 Å². The molecule has 7 heteroatoms. The van der Waals surface area contributed by atoms with E-state index in [0.717, 1.165) is 17.4 Å². The molecule has 0 spiro atoms. The largest absolute Gasteiger partial charge is 0.359 e. The number of aromatic amines is 1. The zero-order valence-electron chi connectivity index (χ0n) is 29.0. The van der Waals surface area contributed by atoms with Gasteiger partial charge in [-0.2, -0.15) is 0 Å². The first-order valence-electron chi connectivity index (χ1n) is 16.2. The third-order valence-corrected chi connectivity index (χ3v) is 8.68. The second kappa shape index (κ2) is 15.4. The minimum Gasteiger partial charge on any atom is -0.359 e. The predicted octanol–water partition coefficient (Wildman–Crippen LogP) is 8.40. The lowest BCUT2D eigenvalue weighted by atomic mass is 10.2. The number of hydrogen-bond donors (Lipinski definition) is 3. The molecule has 48 heavy (non-hydrogen) atoms. The molecule has 4 heterocycles. The van der Waals surface area contributed by atoms with Gasteiger partial charge in [-0.15, -0.1) is 0 Å². The van der Waals surface area contributed by atoms with E-state index in [1.165, 1.54) is 49.8 Å². The van der Waals surface area contributed by atoms with Crippen LogP contribution in [0.4, 0.5) is 0 Å². The first-order valence-corrected chi connectivity index (χ1v) is 16.2. The Morgan fingerprint density at radius 3 is 1.62 bits per heavy atom. The van der Waals surface area contributed by atoms with Crippen molar-refractivity contribution in [3.8, 4) is 0 Å². The molecule has 0 unspecified atom stereocenters. The second-order valence-corrected chi connectivity index (χ2v) is 12.0. The van der Waals surface area contributed by atoms with Crippen molar-refractivity contribution in [3.05, 3.63) is 144 Å². The standard InChI is InChI=1S/C11H12N2O.C11H14N2.C10H11N.C9H9N/c1-12-11(14)10-7-8-5-3-4-6-9(8)13(10)2;1-12-8-10-7-9-5-3-4-6-11(9)13(10)2;1-8-7-9-5-3-4-6-10(9)11(8)2;1-7-6-8-4-2-3-5-9(8)10-7/h3-7H,1-2H3,(H,12,14);3-7,12H,8H2,1-2H3;3-7H,1-2H3;2-6,10H,1H3. The zero-order valence-corrected chi connectivity index (χ0v) is 29.0. The van der Waals surface area contributed by atoms with E-state index >= 15 is 0 Å². The van der Waals surface area contributed by atoms with Crippen LogP contribution in [0.25, 0.3) is 43.6 Å². The Morgan fingerprint density at radius 1 is 0.604 bits per heavy atom. The number of para-hydroxylation sites is 4. The van der Waals surface area contributed by atoms with Crippen molar-refractivity contribution in [1.29, 1.82) is 0 Å². The molecule has 0 saturated carbocycles. The summed E-state index contributed by atoms with van der Waals surface area (Å²) in [6.45, 7) is 5.12. The molecule has 246 valence electrons. The topological polar surface area (TPSA) is 71.7 Å². The second-order valence-electron chi connectivity index (χ2n) is 12.0. The highest BCUT2D eigenvalue weighted by Gasteiger charge is 2.10. The SMILES string of the molecule is CNC(=O)c1cc2ccccc2n1C.CNCc1cc2ccccc2n1C.Cc1cc2ccccc2[nH]1.Cc1cc2ccccc2n1C. The Morgan fingerprint density at radius 2 is 1.10 bits per heavy atom. The molecule has 3 N–H and O–H groups in total. The number of aromatic nitrogens is 4. The maximum Gasteiger partial charge on any atom is 0.267 e. The lowest BCUT2D eigenvalue weighted by Gasteiger charge is -2.02. The van der Waals surface area contributed by atoms with Crippen LogP contribution in [0.1, 0.15) is 27.6 Å². The van der Waals surface area contributed by atoms with Crippen LogP contribution in [0.2, 0.25) is 0 Å². The molecule has 1 amide bonds. The maximum atomic E-state index is 11.5. The van der Waals surface area contributed by atoms with Crippen LogP contribution in [-0.4, -0.2) is 38.7 Å². The molecule has 0 atom stereocenters. The molecular weight excluding hydrogens is 592 g/mol. The summed E-state index contributed by atoms with van der Waals surface area (Å²) in [6.07, 6.45) is 0. The van der Waals surface area contributed by atoms with Crippen LogP contribution in [0, 0.1) is 13.8 Å². The van der Waals surface area contributed by atoms with E-state index in [0.29, 0.717) is 5.69 Å². The number of nitrogens with one attached hydrogen (secondary N) is 3. The molecule has 8 aromatic rings. The third kappa shape index (κ3) is 7.54. The fourth-order valence-electron chi connectivity index (χ4n) is 5.98. The van der Waals surface area contributed by atoms with Gasteiger partial charge in [0.05, 0.1) is 0 Å². The highest BCUT2D eigenvalue weighted by atomic mass is 16.1. The Labute approximate surface area is 282 Å². The molecule has 0 aliphatic carbocycles. The summed E-state index contributed by atoms with van der Waals surface area (Å²) in [5.74, 6) is -0.0521. The van der Waals surface area contributed by atoms with Crippen molar-refractivity contribution in [1.82, 2.24) is 29.3 Å². The number of nitrogens with zero attached hydrogens (tertiary/aromatic N) is 3. The van der Waals surface area contributed by atoms with Gasteiger partial charge in [-0.05, 0) is 85.6 Å². The Balaban J connectivity index is 0.000000126. The van der Waals surface area contributed by atoms with E-state index in [-0.39, 0.29) is 5.91 Å². The normalized spacial score (nSPS) is 10.6. The van der Waals surface area contributed by atoms with Crippen LogP contribution in [0.5, 0.6) is 0 Å². The number of carbonyl (C=O) groups excluding carboxylic acids is 1. The summed E-state index contributed by atoms with van der Waals surface area (Å²) in [5.41, 5.74) is 9.45. The Bertz CT molecular complexity index is 2250. The molecule has 4 aromatic carbocycles. The fraction of sp³-hybridized carbons (Fsp3) is 0.195. The van der Waals surface area contributed by atoms with Gasteiger partial charge in [0, 0.05) is 79.3 Å². The highest BCUT2D eigenvalue weighted by molar-refractivity contribution is 5.98. The number of benzene rings is 4. The molecule has 0 aliphatic rings. The number of amides is 1. The van der Waals surface area contributed by atoms with Gasteiger partial charge in [0.1, 0.15) is 5.69 Å². The van der Waals surface area contributed by atoms with Crippen LogP contribution in [0.15, 0.2) is 121 Å². The summed E-state index contributed by atoms with van der Waals surface area (Å²) in [4.78, 5) is 14.7. The molecule has 4 aromatic heterocycles. The number of rotatable bonds is 3. The highest BCUT2D eigenvalue weighted by Crippen LogP contribution is 2.19. The number of aryl methyl sites for hydroxylation is 5. The van der Waals surface area contributed by atoms with E-state index in [4.69, 9.17) is 0 Å². The minimum absolute atomic E-state index is 0.0521. The van der Waals surface area contributed by atoms with Crippen LogP contribution < -0.4 is 10.6 Å². The number of carbonyl (C=O) groups is 1. The molecular formula is C41H46N6O. The zero-order chi connectivity index (χ0) is 34.2. The van der Waals surface area contributed by atoms with Crippen molar-refractivity contribution in [2.75, 3.05) is 14.1 Å². The van der Waals surface area contributed by atoms with Crippen molar-refractivity contribution in [2.24, 2.45) is 21.1 Å². The van der Waals surface area contributed by atoms with E-state index in [1.54, 1.807) is 7.05 Å². The monoisotopic (exact) mass is 638 g/mol. The first-order chi connectivity index (χ1) is 23.2. The lowest BCUT2D eigenvalue weighted by molar-refractivity contribution is 0.0955. The molecule has 0 bridgehead atoms. The average Bonchev–Trinajstić information content (AvgIpc) is 3.83. The molecule has 0 fully saturated rings. The van der Waals surface area contributed by atoms with E-state index in [2.05, 4.69) is 138 Å². The van der Waals surface area contributed by atoms with Gasteiger partial charge in [-0.25, -0.2) is 0 Å². The van der Waals surface area contributed by atoms with Gasteiger partial charge in [0.15, 0.2) is 0 Å². The first kappa shape index (κ1) is 33.8. The maximum absolute atomic E-state index is 11.5. The van der Waals surface area contributed by atoms with Gasteiger partial charge in [0.25, 0.3) is 5.91 Å². The van der Waals surface area contributed by atoms with Crippen LogP contribution in [-0.2, 0) is 27.7 Å². The Hall–Kier alpha value is -5.53. The van der Waals surface area contributed by atoms with Crippen molar-refractivity contribution < 1.29 is 4.79 Å². The van der Waals surface area contributed by atoms with Gasteiger partial charge in [0.2, 0.25) is 0 Å². The van der Waals surface area contributed by atoms with E-state index in [1.807, 2.05) is 55.1 Å². The molecule has 0 aliphatic heterocycles. The predicted molar refractivity (Wildman–Crippen MR) is 203 cm³/mol. The lowest BCUT2D eigenvalue weighted by Crippen LogP contribution is -2.20. The van der Waals surface area contributed by atoms with Crippen LogP contribution in [0.3, 0.4) is 0 Å². The quantitative estimate of drug-likeness (QED) is 0.182.